The first kappa shape index (κ1) is 14.5. The quantitative estimate of drug-likeness (QED) is 0.816. The number of aromatic nitrogens is 2. The summed E-state index contributed by atoms with van der Waals surface area (Å²) in [7, 11) is 1.83. The Kier molecular flexibility index (Phi) is 4.54. The molecule has 0 saturated heterocycles. The molecule has 3 nitrogen and oxygen atoms in total. The molecule has 0 spiro atoms. The van der Waals surface area contributed by atoms with Crippen LogP contribution in [-0.2, 0) is 13.5 Å². The lowest BCUT2D eigenvalue weighted by Crippen LogP contribution is -2.06. The summed E-state index contributed by atoms with van der Waals surface area (Å²) in [6, 6.07) is 1.91. The molecular weight excluding hydrogens is 403 g/mol. The van der Waals surface area contributed by atoms with Crippen LogP contribution in [0.5, 0.6) is 0 Å². The van der Waals surface area contributed by atoms with Crippen LogP contribution in [0.25, 0.3) is 0 Å². The molecule has 0 radical (unpaired) electrons. The van der Waals surface area contributed by atoms with Crippen molar-refractivity contribution in [2.75, 3.05) is 0 Å². The van der Waals surface area contributed by atoms with E-state index < -0.39 is 6.10 Å². The SMILES string of the molecule is Cc1nn(C)c(CC(O)c2cc(Br)sc2Br)c1Cl. The third kappa shape index (κ3) is 2.82. The maximum Gasteiger partial charge on any atom is 0.0865 e. The second kappa shape index (κ2) is 5.63. The van der Waals surface area contributed by atoms with Crippen LogP contribution in [-0.4, -0.2) is 14.9 Å². The fourth-order valence-electron chi connectivity index (χ4n) is 1.78. The monoisotopic (exact) mass is 412 g/mol. The van der Waals surface area contributed by atoms with Gasteiger partial charge >= 0.3 is 0 Å². The van der Waals surface area contributed by atoms with Gasteiger partial charge in [0.2, 0.25) is 0 Å². The molecule has 0 aliphatic rings. The first-order valence-corrected chi connectivity index (χ1v) is 7.99. The lowest BCUT2D eigenvalue weighted by molar-refractivity contribution is 0.175. The summed E-state index contributed by atoms with van der Waals surface area (Å²) in [4.78, 5) is 0. The fourth-order valence-corrected chi connectivity index (χ4v) is 4.97. The third-order valence-corrected chi connectivity index (χ3v) is 5.57. The van der Waals surface area contributed by atoms with E-state index in [0.717, 1.165) is 24.5 Å². The van der Waals surface area contributed by atoms with Gasteiger partial charge in [-0.1, -0.05) is 11.6 Å². The molecule has 0 saturated carbocycles. The second-order valence-corrected chi connectivity index (χ2v) is 8.10. The second-order valence-electron chi connectivity index (χ2n) is 3.97. The van der Waals surface area contributed by atoms with Gasteiger partial charge in [0.25, 0.3) is 0 Å². The normalized spacial score (nSPS) is 13.0. The molecule has 0 amide bonds. The predicted molar refractivity (Wildman–Crippen MR) is 81.3 cm³/mol. The Bertz CT molecular complexity index is 582. The highest BCUT2D eigenvalue weighted by Crippen LogP contribution is 2.37. The summed E-state index contributed by atoms with van der Waals surface area (Å²) in [5, 5.41) is 15.1. The summed E-state index contributed by atoms with van der Waals surface area (Å²) in [6.07, 6.45) is -0.160. The van der Waals surface area contributed by atoms with Gasteiger partial charge in [0.05, 0.1) is 30.1 Å². The molecule has 0 aliphatic carbocycles. The van der Waals surface area contributed by atoms with Gasteiger partial charge in [-0.3, -0.25) is 4.68 Å². The maximum absolute atomic E-state index is 10.3. The standard InChI is InChI=1S/C11H11Br2ClN2OS/c1-5-10(14)7(16(2)15-5)4-8(17)6-3-9(12)18-11(6)13/h3,8,17H,4H2,1-2H3. The number of hydrogen-bond acceptors (Lipinski definition) is 3. The Labute approximate surface area is 131 Å². The van der Waals surface area contributed by atoms with E-state index in [2.05, 4.69) is 37.0 Å². The molecule has 1 N–H and O–H groups in total. The number of nitrogens with zero attached hydrogens (tertiary/aromatic N) is 2. The van der Waals surface area contributed by atoms with Crippen LogP contribution < -0.4 is 0 Å². The van der Waals surface area contributed by atoms with Crippen molar-refractivity contribution >= 4 is 54.8 Å². The minimum Gasteiger partial charge on any atom is -0.388 e. The number of halogens is 3. The van der Waals surface area contributed by atoms with E-state index in [9.17, 15) is 5.11 Å². The third-order valence-electron chi connectivity index (χ3n) is 2.69. The smallest absolute Gasteiger partial charge is 0.0865 e. The largest absolute Gasteiger partial charge is 0.388 e. The molecule has 2 aromatic heterocycles. The van der Waals surface area contributed by atoms with Crippen LogP contribution in [0.2, 0.25) is 5.02 Å². The molecule has 0 bridgehead atoms. The number of thiophene rings is 1. The molecule has 1 atom stereocenters. The fraction of sp³-hybridized carbons (Fsp3) is 0.364. The van der Waals surface area contributed by atoms with Gasteiger partial charge in [-0.15, -0.1) is 11.3 Å². The summed E-state index contributed by atoms with van der Waals surface area (Å²) >= 11 is 14.6. The first-order chi connectivity index (χ1) is 8.40. The van der Waals surface area contributed by atoms with Gasteiger partial charge in [-0.25, -0.2) is 0 Å². The minimum atomic E-state index is -0.603. The van der Waals surface area contributed by atoms with Crippen LogP contribution in [0.15, 0.2) is 13.6 Å². The Morgan fingerprint density at radius 2 is 2.22 bits per heavy atom. The molecule has 98 valence electrons. The van der Waals surface area contributed by atoms with Crippen molar-refractivity contribution in [2.45, 2.75) is 19.4 Å². The molecule has 7 heteroatoms. The van der Waals surface area contributed by atoms with E-state index >= 15 is 0 Å². The highest BCUT2D eigenvalue weighted by atomic mass is 79.9. The zero-order valence-electron chi connectivity index (χ0n) is 9.75. The molecule has 0 aromatic carbocycles. The van der Waals surface area contributed by atoms with E-state index in [0.29, 0.717) is 11.4 Å². The molecule has 0 fully saturated rings. The van der Waals surface area contributed by atoms with Crippen molar-refractivity contribution in [1.29, 1.82) is 0 Å². The number of aliphatic hydroxyl groups is 1. The molecule has 1 unspecified atom stereocenters. The van der Waals surface area contributed by atoms with Crippen LogP contribution in [0.3, 0.4) is 0 Å². The van der Waals surface area contributed by atoms with Gasteiger partial charge in [-0.2, -0.15) is 5.10 Å². The number of aryl methyl sites for hydroxylation is 2. The van der Waals surface area contributed by atoms with Crippen molar-refractivity contribution in [1.82, 2.24) is 9.78 Å². The number of rotatable bonds is 3. The summed E-state index contributed by atoms with van der Waals surface area (Å²) in [5.74, 6) is 0. The summed E-state index contributed by atoms with van der Waals surface area (Å²) < 4.78 is 3.63. The predicted octanol–water partition coefficient (Wildman–Crippen LogP) is 4.24. The molecule has 2 heterocycles. The Morgan fingerprint density at radius 1 is 1.56 bits per heavy atom. The molecular formula is C11H11Br2ClN2OS. The topological polar surface area (TPSA) is 38.0 Å². The minimum absolute atomic E-state index is 0.442. The average Bonchev–Trinajstić information content (AvgIpc) is 2.73. The van der Waals surface area contributed by atoms with E-state index in [1.54, 1.807) is 4.68 Å². The van der Waals surface area contributed by atoms with Crippen molar-refractivity contribution < 1.29 is 5.11 Å². The first-order valence-electron chi connectivity index (χ1n) is 5.21. The lowest BCUT2D eigenvalue weighted by Gasteiger charge is -2.10. The van der Waals surface area contributed by atoms with Crippen molar-refractivity contribution in [2.24, 2.45) is 7.05 Å². The lowest BCUT2D eigenvalue weighted by atomic mass is 10.1. The Balaban J connectivity index is 2.26. The van der Waals surface area contributed by atoms with Crippen molar-refractivity contribution in [3.05, 3.63) is 35.6 Å². The van der Waals surface area contributed by atoms with E-state index in [4.69, 9.17) is 11.6 Å². The zero-order valence-corrected chi connectivity index (χ0v) is 14.5. The van der Waals surface area contributed by atoms with E-state index in [-0.39, 0.29) is 0 Å². The van der Waals surface area contributed by atoms with Gasteiger partial charge in [0.1, 0.15) is 0 Å². The van der Waals surface area contributed by atoms with Gasteiger partial charge in [0.15, 0.2) is 0 Å². The molecule has 2 aromatic rings. The van der Waals surface area contributed by atoms with Crippen molar-refractivity contribution in [3.8, 4) is 0 Å². The number of aliphatic hydroxyl groups excluding tert-OH is 1. The maximum atomic E-state index is 10.3. The summed E-state index contributed by atoms with van der Waals surface area (Å²) in [5.41, 5.74) is 2.49. The van der Waals surface area contributed by atoms with E-state index in [1.165, 1.54) is 11.3 Å². The van der Waals surface area contributed by atoms with Crippen LogP contribution >= 0.6 is 54.8 Å². The zero-order chi connectivity index (χ0) is 13.4. The van der Waals surface area contributed by atoms with Crippen LogP contribution in [0.1, 0.15) is 23.1 Å². The van der Waals surface area contributed by atoms with Crippen molar-refractivity contribution in [3.63, 3.8) is 0 Å². The summed E-state index contributed by atoms with van der Waals surface area (Å²) in [6.45, 7) is 1.86. The van der Waals surface area contributed by atoms with Gasteiger partial charge in [0, 0.05) is 19.0 Å². The van der Waals surface area contributed by atoms with Crippen LogP contribution in [0, 0.1) is 6.92 Å². The number of hydrogen-bond donors (Lipinski definition) is 1. The molecule has 2 rings (SSSR count). The van der Waals surface area contributed by atoms with Gasteiger partial charge in [-0.05, 0) is 44.8 Å². The average molecular weight is 415 g/mol. The molecule has 0 aliphatic heterocycles. The Morgan fingerprint density at radius 3 is 2.67 bits per heavy atom. The van der Waals surface area contributed by atoms with Crippen LogP contribution in [0.4, 0.5) is 0 Å². The highest BCUT2D eigenvalue weighted by Gasteiger charge is 2.19. The highest BCUT2D eigenvalue weighted by molar-refractivity contribution is 9.12. The van der Waals surface area contributed by atoms with Gasteiger partial charge < -0.3 is 5.11 Å². The Hall–Kier alpha value is 0.120. The van der Waals surface area contributed by atoms with E-state index in [1.807, 2.05) is 20.0 Å². The molecule has 18 heavy (non-hydrogen) atoms.